The van der Waals surface area contributed by atoms with Crippen LogP contribution in [0.3, 0.4) is 0 Å². The van der Waals surface area contributed by atoms with Crippen LogP contribution in [0, 0.1) is 0 Å². The van der Waals surface area contributed by atoms with Crippen LogP contribution in [0.2, 0.25) is 5.02 Å². The molecule has 0 fully saturated rings. The van der Waals surface area contributed by atoms with Gasteiger partial charge in [0.05, 0.1) is 18.6 Å². The van der Waals surface area contributed by atoms with Crippen molar-refractivity contribution in [3.8, 4) is 5.75 Å². The van der Waals surface area contributed by atoms with Gasteiger partial charge in [0.25, 0.3) is 0 Å². The molecule has 3 aromatic rings. The largest absolute Gasteiger partial charge is 0.497 e. The second-order valence-electron chi connectivity index (χ2n) is 8.41. The average Bonchev–Trinajstić information content (AvgIpc) is 2.91. The molecular weight excluding hydrogens is 514 g/mol. The second-order valence-corrected chi connectivity index (χ2v) is 10.9. The fraction of sp³-hybridized carbons (Fsp3) is 0.259. The van der Waals surface area contributed by atoms with Gasteiger partial charge in [-0.15, -0.1) is 0 Å². The summed E-state index contributed by atoms with van der Waals surface area (Å²) in [6.07, 6.45) is 0.254. The lowest BCUT2D eigenvalue weighted by molar-refractivity contribution is -0.141. The summed E-state index contributed by atoms with van der Waals surface area (Å²) >= 11 is 5.89. The minimum Gasteiger partial charge on any atom is -0.497 e. The molecule has 0 aliphatic heterocycles. The van der Waals surface area contributed by atoms with E-state index in [1.165, 1.54) is 43.3 Å². The van der Waals surface area contributed by atoms with Crippen molar-refractivity contribution in [1.82, 2.24) is 14.5 Å². The van der Waals surface area contributed by atoms with Crippen LogP contribution >= 0.6 is 11.6 Å². The molecule has 0 saturated carbocycles. The molecule has 0 aromatic heterocycles. The van der Waals surface area contributed by atoms with Crippen LogP contribution in [0.1, 0.15) is 11.1 Å². The summed E-state index contributed by atoms with van der Waals surface area (Å²) in [6.45, 7) is -0.382. The lowest BCUT2D eigenvalue weighted by Crippen LogP contribution is -2.52. The quantitative estimate of drug-likeness (QED) is 0.400. The first-order valence-electron chi connectivity index (χ1n) is 11.6. The Labute approximate surface area is 222 Å². The van der Waals surface area contributed by atoms with Gasteiger partial charge in [0, 0.05) is 32.1 Å². The van der Waals surface area contributed by atoms with Crippen molar-refractivity contribution in [3.05, 3.63) is 95.0 Å². The summed E-state index contributed by atoms with van der Waals surface area (Å²) in [5.41, 5.74) is 1.60. The molecule has 2 amide bonds. The molecule has 0 radical (unpaired) electrons. The van der Waals surface area contributed by atoms with Gasteiger partial charge in [0.1, 0.15) is 11.8 Å². The van der Waals surface area contributed by atoms with E-state index in [4.69, 9.17) is 16.3 Å². The van der Waals surface area contributed by atoms with E-state index < -0.39 is 28.5 Å². The van der Waals surface area contributed by atoms with Gasteiger partial charge >= 0.3 is 0 Å². The zero-order valence-electron chi connectivity index (χ0n) is 20.9. The molecule has 3 rings (SSSR count). The highest BCUT2D eigenvalue weighted by Gasteiger charge is 2.32. The van der Waals surface area contributed by atoms with Gasteiger partial charge < -0.3 is 15.0 Å². The van der Waals surface area contributed by atoms with Crippen LogP contribution < -0.4 is 10.1 Å². The predicted molar refractivity (Wildman–Crippen MR) is 143 cm³/mol. The van der Waals surface area contributed by atoms with Gasteiger partial charge in [0.15, 0.2) is 0 Å². The Bertz CT molecular complexity index is 1320. The summed E-state index contributed by atoms with van der Waals surface area (Å²) in [4.78, 5) is 28.1. The zero-order chi connectivity index (χ0) is 27.0. The number of nitrogens with one attached hydrogen (secondary N) is 1. The topological polar surface area (TPSA) is 96.0 Å². The van der Waals surface area contributed by atoms with Crippen molar-refractivity contribution in [3.63, 3.8) is 0 Å². The number of likely N-dealkylation sites (N-methyl/N-ethyl adjacent to an activating group) is 2. The third kappa shape index (κ3) is 7.31. The maximum atomic E-state index is 13.7. The third-order valence-corrected chi connectivity index (χ3v) is 7.95. The maximum absolute atomic E-state index is 13.7. The third-order valence-electron chi connectivity index (χ3n) is 5.88. The molecule has 0 saturated heterocycles. The number of hydrogen-bond acceptors (Lipinski definition) is 5. The molecule has 0 bridgehead atoms. The van der Waals surface area contributed by atoms with Gasteiger partial charge in [-0.05, 0) is 47.5 Å². The molecule has 0 aliphatic carbocycles. The number of hydrogen-bond donors (Lipinski definition) is 1. The number of benzene rings is 3. The summed E-state index contributed by atoms with van der Waals surface area (Å²) in [6, 6.07) is 21.3. The van der Waals surface area contributed by atoms with E-state index in [-0.39, 0.29) is 23.8 Å². The van der Waals surface area contributed by atoms with E-state index in [1.807, 2.05) is 36.4 Å². The van der Waals surface area contributed by atoms with Gasteiger partial charge in [0.2, 0.25) is 21.8 Å². The Balaban J connectivity index is 1.95. The van der Waals surface area contributed by atoms with E-state index in [0.717, 1.165) is 15.4 Å². The van der Waals surface area contributed by atoms with Crippen LogP contribution in [0.5, 0.6) is 5.75 Å². The number of ether oxygens (including phenoxy) is 1. The number of carbonyl (C=O) groups is 2. The van der Waals surface area contributed by atoms with Crippen molar-refractivity contribution >= 4 is 33.4 Å². The normalized spacial score (nSPS) is 12.1. The molecule has 0 heterocycles. The van der Waals surface area contributed by atoms with Crippen molar-refractivity contribution in [2.75, 3.05) is 27.7 Å². The lowest BCUT2D eigenvalue weighted by atomic mass is 10.0. The summed E-state index contributed by atoms with van der Waals surface area (Å²) in [7, 11) is 0.408. The van der Waals surface area contributed by atoms with Gasteiger partial charge in [-0.3, -0.25) is 9.59 Å². The summed E-state index contributed by atoms with van der Waals surface area (Å²) < 4.78 is 32.5. The smallest absolute Gasteiger partial charge is 0.243 e. The van der Waals surface area contributed by atoms with Crippen LogP contribution in [0.4, 0.5) is 0 Å². The minimum atomic E-state index is -3.97. The van der Waals surface area contributed by atoms with Crippen LogP contribution in [-0.4, -0.2) is 63.2 Å². The number of nitrogens with zero attached hydrogens (tertiary/aromatic N) is 2. The fourth-order valence-electron chi connectivity index (χ4n) is 3.84. The Kier molecular flexibility index (Phi) is 9.68. The molecule has 8 nitrogen and oxygen atoms in total. The zero-order valence-corrected chi connectivity index (χ0v) is 22.5. The Hall–Kier alpha value is -3.40. The van der Waals surface area contributed by atoms with Gasteiger partial charge in [-0.1, -0.05) is 54.1 Å². The first kappa shape index (κ1) is 28.2. The van der Waals surface area contributed by atoms with E-state index in [2.05, 4.69) is 5.32 Å². The highest BCUT2D eigenvalue weighted by Crippen LogP contribution is 2.21. The molecular formula is C27H30ClN3O5S. The molecule has 3 aromatic carbocycles. The van der Waals surface area contributed by atoms with E-state index in [9.17, 15) is 18.0 Å². The highest BCUT2D eigenvalue weighted by atomic mass is 35.5. The molecule has 0 aliphatic rings. The number of amides is 2. The lowest BCUT2D eigenvalue weighted by Gasteiger charge is -2.32. The van der Waals surface area contributed by atoms with Gasteiger partial charge in [-0.25, -0.2) is 8.42 Å². The first-order valence-corrected chi connectivity index (χ1v) is 13.4. The summed E-state index contributed by atoms with van der Waals surface area (Å²) in [5.74, 6) is -0.275. The molecule has 0 spiro atoms. The van der Waals surface area contributed by atoms with Crippen LogP contribution in [-0.2, 0) is 32.6 Å². The van der Waals surface area contributed by atoms with E-state index in [1.54, 1.807) is 25.3 Å². The average molecular weight is 544 g/mol. The van der Waals surface area contributed by atoms with Crippen LogP contribution in [0.25, 0.3) is 0 Å². The molecule has 10 heteroatoms. The molecule has 37 heavy (non-hydrogen) atoms. The number of carbonyl (C=O) groups excluding carboxylic acids is 2. The molecule has 1 N–H and O–H groups in total. The Morgan fingerprint density at radius 2 is 1.62 bits per heavy atom. The Morgan fingerprint density at radius 3 is 2.24 bits per heavy atom. The second kappa shape index (κ2) is 12.7. The van der Waals surface area contributed by atoms with Crippen molar-refractivity contribution < 1.29 is 22.7 Å². The van der Waals surface area contributed by atoms with E-state index in [0.29, 0.717) is 10.8 Å². The van der Waals surface area contributed by atoms with Crippen LogP contribution in [0.15, 0.2) is 83.8 Å². The monoisotopic (exact) mass is 543 g/mol. The standard InChI is InChI=1S/C27H30ClN3O5S/c1-29-27(33)25(17-20-8-5-4-6-9-20)31(18-21-10-7-11-23(16-21)36-3)26(32)19-30(2)37(34,35)24-14-12-22(28)13-15-24/h4-16,25H,17-19H2,1-3H3,(H,29,33)/t25-/m0/s1. The van der Waals surface area contributed by atoms with E-state index >= 15 is 0 Å². The molecule has 1 atom stereocenters. The summed E-state index contributed by atoms with van der Waals surface area (Å²) in [5, 5.41) is 3.04. The number of sulfonamides is 1. The minimum absolute atomic E-state index is 0.0127. The van der Waals surface area contributed by atoms with Crippen molar-refractivity contribution in [1.29, 1.82) is 0 Å². The fourth-order valence-corrected chi connectivity index (χ4v) is 5.09. The number of halogens is 1. The van der Waals surface area contributed by atoms with Crippen molar-refractivity contribution in [2.24, 2.45) is 0 Å². The SMILES string of the molecule is CNC(=O)[C@H](Cc1ccccc1)N(Cc1cccc(OC)c1)C(=O)CN(C)S(=O)(=O)c1ccc(Cl)cc1. The molecule has 196 valence electrons. The number of methoxy groups -OCH3 is 1. The predicted octanol–water partition coefficient (Wildman–Crippen LogP) is 3.36. The Morgan fingerprint density at radius 1 is 0.973 bits per heavy atom. The maximum Gasteiger partial charge on any atom is 0.243 e. The highest BCUT2D eigenvalue weighted by molar-refractivity contribution is 7.89. The molecule has 0 unspecified atom stereocenters. The van der Waals surface area contributed by atoms with Gasteiger partial charge in [-0.2, -0.15) is 4.31 Å². The first-order chi connectivity index (χ1) is 17.6. The number of rotatable bonds is 11. The van der Waals surface area contributed by atoms with Crippen molar-refractivity contribution in [2.45, 2.75) is 23.9 Å².